The molecule has 0 aliphatic heterocycles. The van der Waals surface area contributed by atoms with Crippen LogP contribution in [0.15, 0.2) is 6.20 Å². The van der Waals surface area contributed by atoms with Crippen molar-refractivity contribution in [1.29, 1.82) is 0 Å². The molecule has 14 heavy (non-hydrogen) atoms. The number of aryl methyl sites for hydroxylation is 2. The molecule has 0 bridgehead atoms. The van der Waals surface area contributed by atoms with Gasteiger partial charge in [0.1, 0.15) is 0 Å². The standard InChI is InChI=1S/C10H12N2OS/c1-13-6-7-5-12-8-3-2-4-9(8)14-10(12)11-7/h5H,2-4,6H2,1H3. The van der Waals surface area contributed by atoms with Crippen molar-refractivity contribution < 1.29 is 4.74 Å². The van der Waals surface area contributed by atoms with E-state index in [0.29, 0.717) is 6.61 Å². The maximum Gasteiger partial charge on any atom is 0.194 e. The molecule has 0 atom stereocenters. The number of nitrogens with zero attached hydrogens (tertiary/aromatic N) is 2. The minimum atomic E-state index is 0.614. The monoisotopic (exact) mass is 208 g/mol. The third-order valence-electron chi connectivity index (χ3n) is 2.66. The van der Waals surface area contributed by atoms with Gasteiger partial charge in [0.15, 0.2) is 4.96 Å². The van der Waals surface area contributed by atoms with Crippen molar-refractivity contribution in [3.05, 3.63) is 22.5 Å². The highest BCUT2D eigenvalue weighted by Gasteiger charge is 2.18. The molecular formula is C10H12N2OS. The lowest BCUT2D eigenvalue weighted by atomic mass is 10.4. The number of thiazole rings is 1. The van der Waals surface area contributed by atoms with E-state index in [1.807, 2.05) is 11.3 Å². The number of hydrogen-bond donors (Lipinski definition) is 0. The van der Waals surface area contributed by atoms with Gasteiger partial charge in [-0.1, -0.05) is 0 Å². The van der Waals surface area contributed by atoms with Gasteiger partial charge in [-0.25, -0.2) is 4.98 Å². The van der Waals surface area contributed by atoms with Gasteiger partial charge in [0, 0.05) is 23.9 Å². The summed E-state index contributed by atoms with van der Waals surface area (Å²) in [6.07, 6.45) is 5.86. The lowest BCUT2D eigenvalue weighted by molar-refractivity contribution is 0.182. The van der Waals surface area contributed by atoms with Gasteiger partial charge in [-0.15, -0.1) is 11.3 Å². The van der Waals surface area contributed by atoms with E-state index in [4.69, 9.17) is 4.74 Å². The fourth-order valence-electron chi connectivity index (χ4n) is 2.07. The fraction of sp³-hybridized carbons (Fsp3) is 0.500. The van der Waals surface area contributed by atoms with E-state index in [2.05, 4.69) is 15.6 Å². The van der Waals surface area contributed by atoms with Gasteiger partial charge in [-0.3, -0.25) is 4.40 Å². The van der Waals surface area contributed by atoms with E-state index in [1.165, 1.54) is 29.8 Å². The van der Waals surface area contributed by atoms with E-state index in [1.54, 1.807) is 7.11 Å². The van der Waals surface area contributed by atoms with Gasteiger partial charge in [0.25, 0.3) is 0 Å². The van der Waals surface area contributed by atoms with Gasteiger partial charge < -0.3 is 4.74 Å². The van der Waals surface area contributed by atoms with Gasteiger partial charge in [-0.2, -0.15) is 0 Å². The maximum absolute atomic E-state index is 5.07. The first-order valence-electron chi connectivity index (χ1n) is 4.86. The van der Waals surface area contributed by atoms with Crippen molar-refractivity contribution in [2.75, 3.05) is 7.11 Å². The van der Waals surface area contributed by atoms with Crippen molar-refractivity contribution in [1.82, 2.24) is 9.38 Å². The Morgan fingerprint density at radius 1 is 1.57 bits per heavy atom. The van der Waals surface area contributed by atoms with Crippen LogP contribution in [0.3, 0.4) is 0 Å². The zero-order valence-electron chi connectivity index (χ0n) is 8.12. The topological polar surface area (TPSA) is 26.5 Å². The Hall–Kier alpha value is -0.870. The molecule has 3 rings (SSSR count). The maximum atomic E-state index is 5.07. The summed E-state index contributed by atoms with van der Waals surface area (Å²) >= 11 is 1.83. The normalized spacial score (nSPS) is 15.2. The summed E-state index contributed by atoms with van der Waals surface area (Å²) in [6.45, 7) is 0.614. The number of methoxy groups -OCH3 is 1. The molecule has 4 heteroatoms. The van der Waals surface area contributed by atoms with Gasteiger partial charge >= 0.3 is 0 Å². The molecule has 2 aromatic rings. The molecular weight excluding hydrogens is 196 g/mol. The predicted molar refractivity (Wildman–Crippen MR) is 55.8 cm³/mol. The van der Waals surface area contributed by atoms with Crippen LogP contribution in [0.25, 0.3) is 4.96 Å². The first kappa shape index (κ1) is 8.44. The zero-order valence-corrected chi connectivity index (χ0v) is 8.93. The summed E-state index contributed by atoms with van der Waals surface area (Å²) < 4.78 is 7.31. The molecule has 0 amide bonds. The first-order valence-corrected chi connectivity index (χ1v) is 5.67. The van der Waals surface area contributed by atoms with Crippen LogP contribution in [0.4, 0.5) is 0 Å². The number of hydrogen-bond acceptors (Lipinski definition) is 3. The van der Waals surface area contributed by atoms with Crippen LogP contribution < -0.4 is 0 Å². The van der Waals surface area contributed by atoms with Crippen LogP contribution in [-0.4, -0.2) is 16.5 Å². The average molecular weight is 208 g/mol. The number of fused-ring (bicyclic) bond motifs is 3. The smallest absolute Gasteiger partial charge is 0.194 e. The minimum absolute atomic E-state index is 0.614. The molecule has 0 spiro atoms. The molecule has 0 fully saturated rings. The molecule has 0 unspecified atom stereocenters. The largest absolute Gasteiger partial charge is 0.378 e. The summed E-state index contributed by atoms with van der Waals surface area (Å²) in [5.41, 5.74) is 2.51. The molecule has 74 valence electrons. The van der Waals surface area contributed by atoms with Crippen LogP contribution in [0.1, 0.15) is 22.7 Å². The van der Waals surface area contributed by atoms with Crippen LogP contribution in [-0.2, 0) is 24.2 Å². The summed E-state index contributed by atoms with van der Waals surface area (Å²) in [5, 5.41) is 0. The molecule has 1 aliphatic carbocycles. The molecule has 2 heterocycles. The molecule has 0 N–H and O–H groups in total. The van der Waals surface area contributed by atoms with Crippen molar-refractivity contribution in [2.45, 2.75) is 25.9 Å². The van der Waals surface area contributed by atoms with Crippen molar-refractivity contribution in [3.63, 3.8) is 0 Å². The van der Waals surface area contributed by atoms with E-state index < -0.39 is 0 Å². The third kappa shape index (κ3) is 1.11. The van der Waals surface area contributed by atoms with E-state index in [0.717, 1.165) is 10.7 Å². The second-order valence-electron chi connectivity index (χ2n) is 3.64. The van der Waals surface area contributed by atoms with Crippen LogP contribution in [0.2, 0.25) is 0 Å². The second kappa shape index (κ2) is 3.07. The Morgan fingerprint density at radius 2 is 2.50 bits per heavy atom. The highest BCUT2D eigenvalue weighted by molar-refractivity contribution is 7.17. The van der Waals surface area contributed by atoms with E-state index >= 15 is 0 Å². The SMILES string of the molecule is COCc1cn2c3c(sc2n1)CCC3. The Bertz CT molecular complexity index is 472. The fourth-order valence-corrected chi connectivity index (χ4v) is 3.28. The van der Waals surface area contributed by atoms with Gasteiger partial charge in [0.05, 0.1) is 12.3 Å². The quantitative estimate of drug-likeness (QED) is 0.755. The minimum Gasteiger partial charge on any atom is -0.378 e. The molecule has 0 saturated carbocycles. The van der Waals surface area contributed by atoms with Gasteiger partial charge in [-0.05, 0) is 19.3 Å². The summed E-state index contributed by atoms with van der Waals surface area (Å²) in [5.74, 6) is 0. The molecule has 2 aromatic heterocycles. The number of aromatic nitrogens is 2. The summed E-state index contributed by atoms with van der Waals surface area (Å²) in [7, 11) is 1.71. The van der Waals surface area contributed by atoms with Crippen LogP contribution in [0.5, 0.6) is 0 Å². The lowest BCUT2D eigenvalue weighted by Crippen LogP contribution is -1.87. The number of imidazole rings is 1. The molecule has 1 aliphatic rings. The zero-order chi connectivity index (χ0) is 9.54. The predicted octanol–water partition coefficient (Wildman–Crippen LogP) is 2.03. The molecule has 0 saturated heterocycles. The Balaban J connectivity index is 2.12. The van der Waals surface area contributed by atoms with Crippen molar-refractivity contribution in [2.24, 2.45) is 0 Å². The summed E-state index contributed by atoms with van der Waals surface area (Å²) in [6, 6.07) is 0. The van der Waals surface area contributed by atoms with E-state index in [-0.39, 0.29) is 0 Å². The second-order valence-corrected chi connectivity index (χ2v) is 4.71. The first-order chi connectivity index (χ1) is 6.88. The highest BCUT2D eigenvalue weighted by Crippen LogP contribution is 2.30. The Kier molecular flexibility index (Phi) is 1.85. The van der Waals surface area contributed by atoms with Gasteiger partial charge in [0.2, 0.25) is 0 Å². The van der Waals surface area contributed by atoms with E-state index in [9.17, 15) is 0 Å². The third-order valence-corrected chi connectivity index (χ3v) is 3.82. The lowest BCUT2D eigenvalue weighted by Gasteiger charge is -1.91. The van der Waals surface area contributed by atoms with Crippen LogP contribution in [0, 0.1) is 0 Å². The summed E-state index contributed by atoms with van der Waals surface area (Å²) in [4.78, 5) is 7.17. The average Bonchev–Trinajstić information content (AvgIpc) is 2.75. The Labute approximate surface area is 86.3 Å². The number of rotatable bonds is 2. The highest BCUT2D eigenvalue weighted by atomic mass is 32.1. The number of ether oxygens (including phenoxy) is 1. The van der Waals surface area contributed by atoms with Crippen molar-refractivity contribution >= 4 is 16.3 Å². The Morgan fingerprint density at radius 3 is 3.36 bits per heavy atom. The molecule has 0 radical (unpaired) electrons. The van der Waals surface area contributed by atoms with Crippen LogP contribution >= 0.6 is 11.3 Å². The molecule has 3 nitrogen and oxygen atoms in total. The molecule has 0 aromatic carbocycles. The van der Waals surface area contributed by atoms with Crippen molar-refractivity contribution in [3.8, 4) is 0 Å².